The highest BCUT2D eigenvalue weighted by molar-refractivity contribution is 5.93. The minimum absolute atomic E-state index is 0.0472. The van der Waals surface area contributed by atoms with Crippen molar-refractivity contribution in [2.75, 3.05) is 19.6 Å². The van der Waals surface area contributed by atoms with E-state index in [1.54, 1.807) is 11.9 Å². The highest BCUT2D eigenvalue weighted by Crippen LogP contribution is 2.19. The van der Waals surface area contributed by atoms with Crippen LogP contribution in [0.5, 0.6) is 0 Å². The van der Waals surface area contributed by atoms with Crippen molar-refractivity contribution in [1.29, 1.82) is 0 Å². The first-order valence-electron chi connectivity index (χ1n) is 6.37. The van der Waals surface area contributed by atoms with Crippen molar-refractivity contribution in [3.63, 3.8) is 0 Å². The normalized spacial score (nSPS) is 15.1. The van der Waals surface area contributed by atoms with Crippen LogP contribution >= 0.6 is 0 Å². The minimum atomic E-state index is -0.480. The smallest absolute Gasteiger partial charge is 0.287 e. The lowest BCUT2D eigenvalue weighted by Crippen LogP contribution is -2.59. The lowest BCUT2D eigenvalue weighted by Gasteiger charge is -2.38. The predicted octanol–water partition coefficient (Wildman–Crippen LogP) is 0.757. The van der Waals surface area contributed by atoms with E-state index in [0.717, 1.165) is 19.5 Å². The number of carbonyl (C=O) groups is 1. The summed E-state index contributed by atoms with van der Waals surface area (Å²) in [4.78, 5) is 24.5. The van der Waals surface area contributed by atoms with Crippen LogP contribution in [0.4, 0.5) is 5.69 Å². The summed E-state index contributed by atoms with van der Waals surface area (Å²) in [5.74, 6) is -0.135. The summed E-state index contributed by atoms with van der Waals surface area (Å²) in [7, 11) is 1.66. The Labute approximate surface area is 111 Å². The van der Waals surface area contributed by atoms with Gasteiger partial charge in [-0.1, -0.05) is 6.92 Å². The number of aryl methyl sites for hydroxylation is 1. The maximum Gasteiger partial charge on any atom is 0.287 e. The molecule has 2 heterocycles. The van der Waals surface area contributed by atoms with Crippen LogP contribution in [-0.4, -0.2) is 46.0 Å². The standard InChI is InChI=1S/C12H18N4O3/c1-3-4-15(10-6-13-7-10)12(17)11-5-9(16(18)19)8-14(11)2/h5,8,10,13H,3-4,6-7H2,1-2H3. The van der Waals surface area contributed by atoms with E-state index >= 15 is 0 Å². The van der Waals surface area contributed by atoms with Crippen LogP contribution in [0.2, 0.25) is 0 Å². The third-order valence-electron chi connectivity index (χ3n) is 3.35. The molecule has 104 valence electrons. The van der Waals surface area contributed by atoms with Gasteiger partial charge in [0.15, 0.2) is 0 Å². The third-order valence-corrected chi connectivity index (χ3v) is 3.35. The molecule has 1 aliphatic heterocycles. The third kappa shape index (κ3) is 2.60. The Morgan fingerprint density at radius 1 is 1.63 bits per heavy atom. The molecule has 1 fully saturated rings. The Morgan fingerprint density at radius 3 is 2.74 bits per heavy atom. The van der Waals surface area contributed by atoms with Crippen molar-refractivity contribution >= 4 is 11.6 Å². The summed E-state index contributed by atoms with van der Waals surface area (Å²) in [5.41, 5.74) is 0.320. The largest absolute Gasteiger partial charge is 0.340 e. The average molecular weight is 266 g/mol. The SMILES string of the molecule is CCCN(C(=O)c1cc([N+](=O)[O-])cn1C)C1CNC1. The Balaban J connectivity index is 2.23. The van der Waals surface area contributed by atoms with Crippen molar-refractivity contribution in [3.8, 4) is 0 Å². The van der Waals surface area contributed by atoms with Gasteiger partial charge >= 0.3 is 0 Å². The van der Waals surface area contributed by atoms with Crippen LogP contribution in [-0.2, 0) is 7.05 Å². The number of hydrogen-bond acceptors (Lipinski definition) is 4. The van der Waals surface area contributed by atoms with Gasteiger partial charge in [-0.3, -0.25) is 14.9 Å². The molecule has 0 saturated carbocycles. The Hall–Kier alpha value is -1.89. The Bertz CT molecular complexity index is 493. The van der Waals surface area contributed by atoms with E-state index in [2.05, 4.69) is 5.32 Å². The van der Waals surface area contributed by atoms with E-state index in [9.17, 15) is 14.9 Å². The molecule has 0 unspecified atom stereocenters. The average Bonchev–Trinajstić information content (AvgIpc) is 2.68. The lowest BCUT2D eigenvalue weighted by atomic mass is 10.1. The molecule has 0 aliphatic carbocycles. The fourth-order valence-electron chi connectivity index (χ4n) is 2.19. The number of nitro groups is 1. The van der Waals surface area contributed by atoms with Gasteiger partial charge in [-0.05, 0) is 6.42 Å². The number of hydrogen-bond donors (Lipinski definition) is 1. The molecule has 7 nitrogen and oxygen atoms in total. The number of amides is 1. The van der Waals surface area contributed by atoms with E-state index in [1.807, 2.05) is 6.92 Å². The maximum atomic E-state index is 12.5. The summed E-state index contributed by atoms with van der Waals surface area (Å²) in [6.45, 7) is 4.26. The highest BCUT2D eigenvalue weighted by Gasteiger charge is 2.30. The van der Waals surface area contributed by atoms with Crippen LogP contribution < -0.4 is 5.32 Å². The zero-order chi connectivity index (χ0) is 14.0. The first-order chi connectivity index (χ1) is 9.04. The van der Waals surface area contributed by atoms with Gasteiger partial charge in [-0.15, -0.1) is 0 Å². The fourth-order valence-corrected chi connectivity index (χ4v) is 2.19. The quantitative estimate of drug-likeness (QED) is 0.630. The van der Waals surface area contributed by atoms with E-state index in [0.29, 0.717) is 12.2 Å². The molecular weight excluding hydrogens is 248 g/mol. The topological polar surface area (TPSA) is 80.4 Å². The Kier molecular flexibility index (Phi) is 3.84. The molecule has 19 heavy (non-hydrogen) atoms. The van der Waals surface area contributed by atoms with Crippen molar-refractivity contribution < 1.29 is 9.72 Å². The van der Waals surface area contributed by atoms with Gasteiger partial charge in [0.2, 0.25) is 0 Å². The molecule has 1 saturated heterocycles. The van der Waals surface area contributed by atoms with Crippen LogP contribution in [0, 0.1) is 10.1 Å². The second kappa shape index (κ2) is 5.40. The molecular formula is C12H18N4O3. The highest BCUT2D eigenvalue weighted by atomic mass is 16.6. The van der Waals surface area contributed by atoms with Crippen LogP contribution in [0.3, 0.4) is 0 Å². The monoisotopic (exact) mass is 266 g/mol. The molecule has 0 atom stereocenters. The van der Waals surface area contributed by atoms with Crippen LogP contribution in [0.1, 0.15) is 23.8 Å². The van der Waals surface area contributed by atoms with Gasteiger partial charge in [0.1, 0.15) is 5.69 Å². The zero-order valence-electron chi connectivity index (χ0n) is 11.1. The second-order valence-corrected chi connectivity index (χ2v) is 4.76. The molecule has 7 heteroatoms. The number of nitrogens with one attached hydrogen (secondary N) is 1. The van der Waals surface area contributed by atoms with Gasteiger partial charge in [-0.25, -0.2) is 0 Å². The maximum absolute atomic E-state index is 12.5. The zero-order valence-corrected chi connectivity index (χ0v) is 11.1. The summed E-state index contributed by atoms with van der Waals surface area (Å²) < 4.78 is 1.52. The van der Waals surface area contributed by atoms with E-state index in [4.69, 9.17) is 0 Å². The number of nitrogens with zero attached hydrogens (tertiary/aromatic N) is 3. The second-order valence-electron chi connectivity index (χ2n) is 4.76. The van der Waals surface area contributed by atoms with Gasteiger partial charge in [0.25, 0.3) is 11.6 Å². The molecule has 1 amide bonds. The first-order valence-corrected chi connectivity index (χ1v) is 6.37. The molecule has 0 spiro atoms. The minimum Gasteiger partial charge on any atom is -0.340 e. The van der Waals surface area contributed by atoms with Crippen molar-refractivity contribution in [3.05, 3.63) is 28.1 Å². The molecule has 0 bridgehead atoms. The molecule has 1 aliphatic rings. The predicted molar refractivity (Wildman–Crippen MR) is 70.1 cm³/mol. The van der Waals surface area contributed by atoms with E-state index in [1.165, 1.54) is 16.8 Å². The molecule has 1 aromatic rings. The van der Waals surface area contributed by atoms with Gasteiger partial charge < -0.3 is 14.8 Å². The van der Waals surface area contributed by atoms with E-state index < -0.39 is 4.92 Å². The van der Waals surface area contributed by atoms with Gasteiger partial charge in [-0.2, -0.15) is 0 Å². The molecule has 2 rings (SSSR count). The molecule has 1 N–H and O–H groups in total. The van der Waals surface area contributed by atoms with Gasteiger partial charge in [0, 0.05) is 32.7 Å². The number of rotatable bonds is 5. The van der Waals surface area contributed by atoms with Crippen molar-refractivity contribution in [2.24, 2.45) is 7.05 Å². The summed E-state index contributed by atoms with van der Waals surface area (Å²) in [6.07, 6.45) is 2.24. The molecule has 0 radical (unpaired) electrons. The number of carbonyl (C=O) groups excluding carboxylic acids is 1. The molecule has 0 aromatic carbocycles. The van der Waals surface area contributed by atoms with Crippen LogP contribution in [0.15, 0.2) is 12.3 Å². The summed E-state index contributed by atoms with van der Waals surface area (Å²) >= 11 is 0. The lowest BCUT2D eigenvalue weighted by molar-refractivity contribution is -0.384. The van der Waals surface area contributed by atoms with Crippen LogP contribution in [0.25, 0.3) is 0 Å². The van der Waals surface area contributed by atoms with Crippen molar-refractivity contribution in [2.45, 2.75) is 19.4 Å². The van der Waals surface area contributed by atoms with Gasteiger partial charge in [0.05, 0.1) is 17.2 Å². The first kappa shape index (κ1) is 13.5. The Morgan fingerprint density at radius 2 is 2.32 bits per heavy atom. The molecule has 1 aromatic heterocycles. The summed E-state index contributed by atoms with van der Waals surface area (Å²) in [5, 5.41) is 13.9. The fraction of sp³-hybridized carbons (Fsp3) is 0.583. The van der Waals surface area contributed by atoms with E-state index in [-0.39, 0.29) is 17.6 Å². The van der Waals surface area contributed by atoms with Crippen molar-refractivity contribution in [1.82, 2.24) is 14.8 Å². The number of aromatic nitrogens is 1. The summed E-state index contributed by atoms with van der Waals surface area (Å²) in [6, 6.07) is 1.54.